The number of nitrogens with zero attached hydrogens (tertiary/aromatic N) is 3. The molecule has 2 aromatic heterocycles. The molecule has 1 N–H and O–H groups in total. The topological polar surface area (TPSA) is 32.6 Å². The SMILES string of the molecule is Cc1cccn2c(CN3CCCNCC3)c(-c3ccc(Br)cc3)nc12. The second-order valence-corrected chi connectivity index (χ2v) is 7.59. The van der Waals surface area contributed by atoms with Gasteiger partial charge >= 0.3 is 0 Å². The van der Waals surface area contributed by atoms with Gasteiger partial charge in [0.25, 0.3) is 0 Å². The molecular formula is C20H23BrN4. The summed E-state index contributed by atoms with van der Waals surface area (Å²) in [7, 11) is 0. The number of imidazole rings is 1. The summed E-state index contributed by atoms with van der Waals surface area (Å²) in [5.74, 6) is 0. The van der Waals surface area contributed by atoms with Crippen LogP contribution >= 0.6 is 15.9 Å². The first-order valence-electron chi connectivity index (χ1n) is 8.88. The number of fused-ring (bicyclic) bond motifs is 1. The van der Waals surface area contributed by atoms with Crippen molar-refractivity contribution in [1.29, 1.82) is 0 Å². The molecule has 0 radical (unpaired) electrons. The highest BCUT2D eigenvalue weighted by Crippen LogP contribution is 2.28. The molecule has 1 fully saturated rings. The van der Waals surface area contributed by atoms with Crippen molar-refractivity contribution in [3.63, 3.8) is 0 Å². The molecular weight excluding hydrogens is 376 g/mol. The maximum Gasteiger partial charge on any atom is 0.140 e. The zero-order chi connectivity index (χ0) is 17.2. The maximum absolute atomic E-state index is 5.01. The molecule has 4 nitrogen and oxygen atoms in total. The van der Waals surface area contributed by atoms with E-state index in [9.17, 15) is 0 Å². The van der Waals surface area contributed by atoms with Crippen LogP contribution in [-0.4, -0.2) is 40.5 Å². The normalized spacial score (nSPS) is 16.2. The third-order valence-corrected chi connectivity index (χ3v) is 5.40. The Morgan fingerprint density at radius 1 is 1.12 bits per heavy atom. The van der Waals surface area contributed by atoms with Crippen LogP contribution in [0.25, 0.3) is 16.9 Å². The molecule has 1 aliphatic rings. The van der Waals surface area contributed by atoms with Crippen LogP contribution in [0.4, 0.5) is 0 Å². The van der Waals surface area contributed by atoms with E-state index in [-0.39, 0.29) is 0 Å². The van der Waals surface area contributed by atoms with E-state index in [1.165, 1.54) is 23.2 Å². The van der Waals surface area contributed by atoms with Gasteiger partial charge < -0.3 is 9.72 Å². The fraction of sp³-hybridized carbons (Fsp3) is 0.350. The lowest BCUT2D eigenvalue weighted by Crippen LogP contribution is -2.28. The van der Waals surface area contributed by atoms with Gasteiger partial charge in [-0.25, -0.2) is 4.98 Å². The summed E-state index contributed by atoms with van der Waals surface area (Å²) in [6.07, 6.45) is 3.34. The highest BCUT2D eigenvalue weighted by atomic mass is 79.9. The second kappa shape index (κ2) is 7.28. The average Bonchev–Trinajstić information content (AvgIpc) is 2.79. The highest BCUT2D eigenvalue weighted by Gasteiger charge is 2.18. The minimum atomic E-state index is 0.928. The molecule has 0 amide bonds. The number of halogens is 1. The number of aromatic nitrogens is 2. The molecule has 0 atom stereocenters. The Labute approximate surface area is 157 Å². The van der Waals surface area contributed by atoms with Crippen molar-refractivity contribution < 1.29 is 0 Å². The van der Waals surface area contributed by atoms with E-state index < -0.39 is 0 Å². The summed E-state index contributed by atoms with van der Waals surface area (Å²) in [5.41, 5.74) is 5.82. The lowest BCUT2D eigenvalue weighted by Gasteiger charge is -2.20. The van der Waals surface area contributed by atoms with Crippen LogP contribution in [-0.2, 0) is 6.54 Å². The Hall–Kier alpha value is -1.69. The van der Waals surface area contributed by atoms with Gasteiger partial charge in [0, 0.05) is 35.9 Å². The van der Waals surface area contributed by atoms with Crippen molar-refractivity contribution in [2.24, 2.45) is 0 Å². The average molecular weight is 399 g/mol. The number of benzene rings is 1. The van der Waals surface area contributed by atoms with E-state index in [0.29, 0.717) is 0 Å². The molecule has 25 heavy (non-hydrogen) atoms. The van der Waals surface area contributed by atoms with Gasteiger partial charge in [0.15, 0.2) is 0 Å². The molecule has 5 heteroatoms. The van der Waals surface area contributed by atoms with Crippen molar-refractivity contribution >= 4 is 21.6 Å². The highest BCUT2D eigenvalue weighted by molar-refractivity contribution is 9.10. The van der Waals surface area contributed by atoms with Crippen molar-refractivity contribution in [2.75, 3.05) is 26.2 Å². The Morgan fingerprint density at radius 2 is 1.96 bits per heavy atom. The van der Waals surface area contributed by atoms with Gasteiger partial charge in [0.2, 0.25) is 0 Å². The van der Waals surface area contributed by atoms with Crippen molar-refractivity contribution in [3.05, 3.63) is 58.3 Å². The van der Waals surface area contributed by atoms with Crippen LogP contribution in [0.1, 0.15) is 17.7 Å². The second-order valence-electron chi connectivity index (χ2n) is 6.68. The zero-order valence-corrected chi connectivity index (χ0v) is 16.1. The molecule has 130 valence electrons. The van der Waals surface area contributed by atoms with E-state index in [1.54, 1.807) is 0 Å². The minimum Gasteiger partial charge on any atom is -0.315 e. The molecule has 0 spiro atoms. The van der Waals surface area contributed by atoms with Crippen molar-refractivity contribution in [1.82, 2.24) is 19.6 Å². The van der Waals surface area contributed by atoms with Gasteiger partial charge in [-0.1, -0.05) is 34.1 Å². The Balaban J connectivity index is 1.80. The predicted molar refractivity (Wildman–Crippen MR) is 106 cm³/mol. The molecule has 0 bridgehead atoms. The fourth-order valence-corrected chi connectivity index (χ4v) is 3.78. The van der Waals surface area contributed by atoms with Crippen LogP contribution in [0.15, 0.2) is 47.1 Å². The summed E-state index contributed by atoms with van der Waals surface area (Å²) in [6.45, 7) is 7.45. The molecule has 4 rings (SSSR count). The molecule has 1 saturated heterocycles. The summed E-state index contributed by atoms with van der Waals surface area (Å²) in [5, 5.41) is 3.49. The quantitative estimate of drug-likeness (QED) is 0.726. The largest absolute Gasteiger partial charge is 0.315 e. The molecule has 1 aliphatic heterocycles. The predicted octanol–water partition coefficient (Wildman–Crippen LogP) is 3.87. The van der Waals surface area contributed by atoms with E-state index >= 15 is 0 Å². The number of nitrogens with one attached hydrogen (secondary N) is 1. The third kappa shape index (κ3) is 3.50. The molecule has 0 unspecified atom stereocenters. The van der Waals surface area contributed by atoms with Gasteiger partial charge in [-0.15, -0.1) is 0 Å². The van der Waals surface area contributed by atoms with Crippen LogP contribution < -0.4 is 5.32 Å². The van der Waals surface area contributed by atoms with E-state index in [4.69, 9.17) is 4.98 Å². The zero-order valence-electron chi connectivity index (χ0n) is 14.5. The number of hydrogen-bond acceptors (Lipinski definition) is 3. The molecule has 0 aliphatic carbocycles. The van der Waals surface area contributed by atoms with Gasteiger partial charge in [0.05, 0.1) is 11.4 Å². The Bertz CT molecular complexity index is 861. The van der Waals surface area contributed by atoms with Gasteiger partial charge in [0.1, 0.15) is 5.65 Å². The maximum atomic E-state index is 5.01. The van der Waals surface area contributed by atoms with Crippen molar-refractivity contribution in [3.8, 4) is 11.3 Å². The lowest BCUT2D eigenvalue weighted by atomic mass is 10.1. The number of hydrogen-bond donors (Lipinski definition) is 1. The van der Waals surface area contributed by atoms with Gasteiger partial charge in [-0.05, 0) is 50.2 Å². The van der Waals surface area contributed by atoms with Crippen LogP contribution in [0, 0.1) is 6.92 Å². The first-order chi connectivity index (χ1) is 12.2. The van der Waals surface area contributed by atoms with E-state index in [0.717, 1.165) is 48.5 Å². The van der Waals surface area contributed by atoms with Crippen LogP contribution in [0.2, 0.25) is 0 Å². The summed E-state index contributed by atoms with van der Waals surface area (Å²) in [4.78, 5) is 7.54. The minimum absolute atomic E-state index is 0.928. The fourth-order valence-electron chi connectivity index (χ4n) is 3.51. The number of pyridine rings is 1. The Morgan fingerprint density at radius 3 is 2.80 bits per heavy atom. The monoisotopic (exact) mass is 398 g/mol. The van der Waals surface area contributed by atoms with Crippen LogP contribution in [0.3, 0.4) is 0 Å². The molecule has 3 aromatic rings. The molecule has 1 aromatic carbocycles. The standard InChI is InChI=1S/C20H23BrN4/c1-15-4-2-12-25-18(14-24-11-3-9-22-10-13-24)19(23-20(15)25)16-5-7-17(21)8-6-16/h2,4-8,12,22H,3,9-11,13-14H2,1H3. The number of aryl methyl sites for hydroxylation is 1. The van der Waals surface area contributed by atoms with Crippen LogP contribution in [0.5, 0.6) is 0 Å². The first-order valence-corrected chi connectivity index (χ1v) is 9.67. The smallest absolute Gasteiger partial charge is 0.140 e. The molecule has 0 saturated carbocycles. The third-order valence-electron chi connectivity index (χ3n) is 4.87. The van der Waals surface area contributed by atoms with Gasteiger partial charge in [-0.3, -0.25) is 4.90 Å². The lowest BCUT2D eigenvalue weighted by molar-refractivity contribution is 0.281. The van der Waals surface area contributed by atoms with Gasteiger partial charge in [-0.2, -0.15) is 0 Å². The number of rotatable bonds is 3. The van der Waals surface area contributed by atoms with E-state index in [1.807, 2.05) is 0 Å². The first kappa shape index (κ1) is 16.8. The Kier molecular flexibility index (Phi) is 4.88. The van der Waals surface area contributed by atoms with E-state index in [2.05, 4.69) is 80.1 Å². The van der Waals surface area contributed by atoms with Crippen molar-refractivity contribution in [2.45, 2.75) is 19.9 Å². The molecule has 3 heterocycles. The summed E-state index contributed by atoms with van der Waals surface area (Å²) < 4.78 is 3.36. The summed E-state index contributed by atoms with van der Waals surface area (Å²) >= 11 is 3.53. The summed E-state index contributed by atoms with van der Waals surface area (Å²) in [6, 6.07) is 12.7.